The average Bonchev–Trinajstić information content (AvgIpc) is 2.69. The topological polar surface area (TPSA) is 66.9 Å². The molecule has 0 bridgehead atoms. The number of amides is 1. The van der Waals surface area contributed by atoms with E-state index in [1.807, 2.05) is 40.7 Å². The smallest absolute Gasteiger partial charge is 0.410 e. The van der Waals surface area contributed by atoms with Gasteiger partial charge >= 0.3 is 6.09 Å². The lowest BCUT2D eigenvalue weighted by molar-refractivity contribution is 0.157. The Kier molecular flexibility index (Phi) is 7.81. The third-order valence-corrected chi connectivity index (χ3v) is 6.96. The van der Waals surface area contributed by atoms with Gasteiger partial charge in [-0.2, -0.15) is 4.31 Å². The van der Waals surface area contributed by atoms with E-state index < -0.39 is 16.1 Å². The number of carbonyl (C=O) groups excluding carboxylic acids is 1. The quantitative estimate of drug-likeness (QED) is 0.631. The van der Waals surface area contributed by atoms with E-state index in [1.165, 1.54) is 4.31 Å². The summed E-state index contributed by atoms with van der Waals surface area (Å²) in [6.45, 7) is 11.1. The van der Waals surface area contributed by atoms with Crippen LogP contribution in [0.15, 0.2) is 47.4 Å². The number of para-hydroxylation sites is 1. The molecule has 1 amide bonds. The van der Waals surface area contributed by atoms with Crippen LogP contribution < -0.4 is 4.74 Å². The Morgan fingerprint density at radius 3 is 2.10 bits per heavy atom. The Morgan fingerprint density at radius 1 is 0.897 bits per heavy atom. The van der Waals surface area contributed by atoms with Crippen molar-refractivity contribution in [1.82, 2.24) is 9.21 Å². The molecular weight excluding hydrogens is 388 g/mol. The standard InChI is InChI=1S/C22H30N2O4S/c1-6-23(7-2)22(25)28-20-13-11-10-12-18(20)19-16-17(5)14-15-21(19)29(26,27)24(8-3)9-4/h10-16H,6-9H2,1-5H3. The van der Waals surface area contributed by atoms with Crippen molar-refractivity contribution >= 4 is 16.1 Å². The zero-order chi connectivity index (χ0) is 21.6. The molecule has 0 aliphatic heterocycles. The molecule has 0 heterocycles. The molecule has 0 unspecified atom stereocenters. The van der Waals surface area contributed by atoms with Gasteiger partial charge in [0.1, 0.15) is 5.75 Å². The minimum atomic E-state index is -3.69. The molecule has 2 rings (SSSR count). The number of hydrogen-bond acceptors (Lipinski definition) is 4. The Labute approximate surface area is 174 Å². The van der Waals surface area contributed by atoms with Crippen molar-refractivity contribution in [2.24, 2.45) is 0 Å². The lowest BCUT2D eigenvalue weighted by Crippen LogP contribution is -2.33. The lowest BCUT2D eigenvalue weighted by atomic mass is 10.0. The van der Waals surface area contributed by atoms with Crippen molar-refractivity contribution in [3.63, 3.8) is 0 Å². The van der Waals surface area contributed by atoms with Gasteiger partial charge in [0.15, 0.2) is 0 Å². The van der Waals surface area contributed by atoms with Crippen LogP contribution in [0, 0.1) is 6.92 Å². The molecule has 29 heavy (non-hydrogen) atoms. The van der Waals surface area contributed by atoms with Gasteiger partial charge in [0.05, 0.1) is 4.90 Å². The maximum atomic E-state index is 13.2. The number of nitrogens with zero attached hydrogens (tertiary/aromatic N) is 2. The van der Waals surface area contributed by atoms with Crippen LogP contribution in [0.2, 0.25) is 0 Å². The van der Waals surface area contributed by atoms with Crippen LogP contribution in [0.25, 0.3) is 11.1 Å². The third kappa shape index (κ3) is 4.97. The third-order valence-electron chi connectivity index (χ3n) is 4.85. The van der Waals surface area contributed by atoms with Gasteiger partial charge in [0, 0.05) is 37.3 Å². The highest BCUT2D eigenvalue weighted by Crippen LogP contribution is 2.36. The van der Waals surface area contributed by atoms with Gasteiger partial charge in [-0.1, -0.05) is 43.7 Å². The predicted molar refractivity (Wildman–Crippen MR) is 116 cm³/mol. The van der Waals surface area contributed by atoms with Gasteiger partial charge < -0.3 is 9.64 Å². The number of hydrogen-bond donors (Lipinski definition) is 0. The van der Waals surface area contributed by atoms with Crippen molar-refractivity contribution in [2.75, 3.05) is 26.2 Å². The highest BCUT2D eigenvalue weighted by Gasteiger charge is 2.27. The highest BCUT2D eigenvalue weighted by atomic mass is 32.2. The monoisotopic (exact) mass is 418 g/mol. The predicted octanol–water partition coefficient (Wildman–Crippen LogP) is 4.53. The van der Waals surface area contributed by atoms with E-state index in [1.54, 1.807) is 41.3 Å². The molecule has 0 aromatic heterocycles. The van der Waals surface area contributed by atoms with E-state index in [4.69, 9.17) is 4.74 Å². The molecule has 2 aromatic carbocycles. The molecule has 0 N–H and O–H groups in total. The first-order valence-corrected chi connectivity index (χ1v) is 11.4. The molecule has 158 valence electrons. The normalized spacial score (nSPS) is 11.5. The second-order valence-electron chi connectivity index (χ2n) is 6.63. The van der Waals surface area contributed by atoms with Crippen LogP contribution in [0.4, 0.5) is 4.79 Å². The molecule has 6 nitrogen and oxygen atoms in total. The van der Waals surface area contributed by atoms with E-state index in [0.29, 0.717) is 43.1 Å². The summed E-state index contributed by atoms with van der Waals surface area (Å²) < 4.78 is 33.6. The second kappa shape index (κ2) is 9.89. The van der Waals surface area contributed by atoms with Crippen molar-refractivity contribution in [1.29, 1.82) is 0 Å². The first-order chi connectivity index (χ1) is 13.8. The minimum absolute atomic E-state index is 0.207. The molecule has 0 radical (unpaired) electrons. The molecule has 0 atom stereocenters. The van der Waals surface area contributed by atoms with E-state index in [2.05, 4.69) is 0 Å². The van der Waals surface area contributed by atoms with Crippen molar-refractivity contribution in [2.45, 2.75) is 39.5 Å². The lowest BCUT2D eigenvalue weighted by Gasteiger charge is -2.22. The van der Waals surface area contributed by atoms with Crippen LogP contribution in [0.1, 0.15) is 33.3 Å². The summed E-state index contributed by atoms with van der Waals surface area (Å²) in [5.74, 6) is 0.339. The molecule has 7 heteroatoms. The number of sulfonamides is 1. The van der Waals surface area contributed by atoms with Crippen molar-refractivity contribution in [3.05, 3.63) is 48.0 Å². The van der Waals surface area contributed by atoms with Gasteiger partial charge in [-0.15, -0.1) is 0 Å². The average molecular weight is 419 g/mol. The van der Waals surface area contributed by atoms with Crippen LogP contribution in [-0.2, 0) is 10.0 Å². The summed E-state index contributed by atoms with van der Waals surface area (Å²) in [4.78, 5) is 14.3. The summed E-state index contributed by atoms with van der Waals surface area (Å²) in [7, 11) is -3.69. The van der Waals surface area contributed by atoms with Crippen molar-refractivity contribution < 1.29 is 17.9 Å². The highest BCUT2D eigenvalue weighted by molar-refractivity contribution is 7.89. The maximum absolute atomic E-state index is 13.2. The van der Waals surface area contributed by atoms with E-state index in [0.717, 1.165) is 5.56 Å². The molecule has 0 fully saturated rings. The van der Waals surface area contributed by atoms with Gasteiger partial charge in [0.2, 0.25) is 10.0 Å². The van der Waals surface area contributed by atoms with Crippen molar-refractivity contribution in [3.8, 4) is 16.9 Å². The van der Waals surface area contributed by atoms with Crippen LogP contribution in [0.3, 0.4) is 0 Å². The second-order valence-corrected chi connectivity index (χ2v) is 8.53. The number of rotatable bonds is 8. The SMILES string of the molecule is CCN(CC)C(=O)Oc1ccccc1-c1cc(C)ccc1S(=O)(=O)N(CC)CC. The molecule has 2 aromatic rings. The maximum Gasteiger partial charge on any atom is 0.415 e. The fourth-order valence-corrected chi connectivity index (χ4v) is 4.85. The molecule has 0 aliphatic rings. The molecule has 0 spiro atoms. The molecule has 0 saturated carbocycles. The van der Waals surface area contributed by atoms with E-state index >= 15 is 0 Å². The fourth-order valence-electron chi connectivity index (χ4n) is 3.20. The molecular formula is C22H30N2O4S. The molecule has 0 aliphatic carbocycles. The number of benzene rings is 2. The Balaban J connectivity index is 2.62. The minimum Gasteiger partial charge on any atom is -0.410 e. The number of aryl methyl sites for hydroxylation is 1. The summed E-state index contributed by atoms with van der Waals surface area (Å²) in [5, 5.41) is 0. The van der Waals surface area contributed by atoms with Gasteiger partial charge in [0.25, 0.3) is 0 Å². The summed E-state index contributed by atoms with van der Waals surface area (Å²) in [5.41, 5.74) is 2.02. The first-order valence-electron chi connectivity index (χ1n) is 9.96. The fraction of sp³-hybridized carbons (Fsp3) is 0.409. The van der Waals surface area contributed by atoms with E-state index in [9.17, 15) is 13.2 Å². The zero-order valence-electron chi connectivity index (χ0n) is 17.8. The summed E-state index contributed by atoms with van der Waals surface area (Å²) in [6.07, 6.45) is -0.455. The number of carbonyl (C=O) groups is 1. The van der Waals surface area contributed by atoms with Crippen LogP contribution >= 0.6 is 0 Å². The molecule has 0 saturated heterocycles. The van der Waals surface area contributed by atoms with Gasteiger partial charge in [-0.25, -0.2) is 13.2 Å². The number of ether oxygens (including phenoxy) is 1. The Hall–Kier alpha value is -2.38. The largest absolute Gasteiger partial charge is 0.415 e. The van der Waals surface area contributed by atoms with Crippen LogP contribution in [0.5, 0.6) is 5.75 Å². The van der Waals surface area contributed by atoms with Crippen LogP contribution in [-0.4, -0.2) is 49.9 Å². The van der Waals surface area contributed by atoms with Gasteiger partial charge in [-0.05, 0) is 39.0 Å². The van der Waals surface area contributed by atoms with Gasteiger partial charge in [-0.3, -0.25) is 0 Å². The zero-order valence-corrected chi connectivity index (χ0v) is 18.6. The van der Waals surface area contributed by atoms with E-state index in [-0.39, 0.29) is 4.90 Å². The summed E-state index contributed by atoms with van der Waals surface area (Å²) in [6, 6.07) is 12.3. The first kappa shape index (κ1) is 22.9. The summed E-state index contributed by atoms with van der Waals surface area (Å²) >= 11 is 0. The Morgan fingerprint density at radius 2 is 1.52 bits per heavy atom. The Bertz CT molecular complexity index is 949.